The van der Waals surface area contributed by atoms with E-state index in [1.165, 1.54) is 0 Å². The minimum Gasteiger partial charge on any atom is -0.367 e. The normalized spacial score (nSPS) is 28.5. The SMILES string of the molecule is CC1(C)CN(C(=O)N2CCCC2)CC(CN)O1. The maximum atomic E-state index is 12.3. The molecule has 1 unspecified atom stereocenters. The Kier molecular flexibility index (Phi) is 3.58. The molecule has 5 heteroatoms. The van der Waals surface area contributed by atoms with Gasteiger partial charge in [0.25, 0.3) is 0 Å². The van der Waals surface area contributed by atoms with Crippen LogP contribution in [0.4, 0.5) is 4.79 Å². The van der Waals surface area contributed by atoms with Crippen LogP contribution in [0.15, 0.2) is 0 Å². The minimum atomic E-state index is -0.294. The van der Waals surface area contributed by atoms with Crippen LogP contribution < -0.4 is 5.73 Å². The number of morpholine rings is 1. The molecule has 2 heterocycles. The zero-order valence-electron chi connectivity index (χ0n) is 10.8. The van der Waals surface area contributed by atoms with Crippen LogP contribution in [-0.4, -0.2) is 60.3 Å². The zero-order chi connectivity index (χ0) is 12.5. The van der Waals surface area contributed by atoms with Crippen molar-refractivity contribution in [3.63, 3.8) is 0 Å². The maximum Gasteiger partial charge on any atom is 0.320 e. The molecule has 2 fully saturated rings. The molecular weight excluding hydrogens is 218 g/mol. The number of nitrogens with zero attached hydrogens (tertiary/aromatic N) is 2. The fraction of sp³-hybridized carbons (Fsp3) is 0.917. The Morgan fingerprint density at radius 3 is 2.59 bits per heavy atom. The number of carbonyl (C=O) groups excluding carboxylic acids is 1. The molecule has 2 amide bonds. The van der Waals surface area contributed by atoms with E-state index < -0.39 is 0 Å². The van der Waals surface area contributed by atoms with Gasteiger partial charge in [0.05, 0.1) is 18.2 Å². The van der Waals surface area contributed by atoms with Crippen molar-refractivity contribution in [2.45, 2.75) is 38.4 Å². The molecule has 0 bridgehead atoms. The van der Waals surface area contributed by atoms with E-state index in [1.54, 1.807) is 0 Å². The number of ether oxygens (including phenoxy) is 1. The second-order valence-corrected chi connectivity index (χ2v) is 5.59. The highest BCUT2D eigenvalue weighted by atomic mass is 16.5. The van der Waals surface area contributed by atoms with Crippen molar-refractivity contribution in [3.8, 4) is 0 Å². The van der Waals surface area contributed by atoms with Gasteiger partial charge in [-0.25, -0.2) is 4.79 Å². The predicted molar refractivity (Wildman–Crippen MR) is 65.8 cm³/mol. The summed E-state index contributed by atoms with van der Waals surface area (Å²) in [5.74, 6) is 0. The highest BCUT2D eigenvalue weighted by molar-refractivity contribution is 5.75. The molecule has 0 spiro atoms. The summed E-state index contributed by atoms with van der Waals surface area (Å²) in [7, 11) is 0. The van der Waals surface area contributed by atoms with Gasteiger partial charge in [-0.2, -0.15) is 0 Å². The lowest BCUT2D eigenvalue weighted by Gasteiger charge is -2.43. The third-order valence-corrected chi connectivity index (χ3v) is 3.39. The quantitative estimate of drug-likeness (QED) is 0.733. The number of nitrogens with two attached hydrogens (primary N) is 1. The molecule has 2 N–H and O–H groups in total. The first-order chi connectivity index (χ1) is 8.02. The second kappa shape index (κ2) is 4.82. The van der Waals surface area contributed by atoms with Gasteiger partial charge in [0.2, 0.25) is 0 Å². The van der Waals surface area contributed by atoms with Crippen LogP contribution in [0.5, 0.6) is 0 Å². The van der Waals surface area contributed by atoms with Crippen molar-refractivity contribution in [1.82, 2.24) is 9.80 Å². The molecule has 0 aromatic rings. The Morgan fingerprint density at radius 1 is 1.35 bits per heavy atom. The maximum absolute atomic E-state index is 12.3. The molecule has 2 rings (SSSR count). The summed E-state index contributed by atoms with van der Waals surface area (Å²) in [5.41, 5.74) is 5.37. The van der Waals surface area contributed by atoms with Crippen LogP contribution in [0.1, 0.15) is 26.7 Å². The van der Waals surface area contributed by atoms with E-state index in [1.807, 2.05) is 23.6 Å². The molecule has 0 aliphatic carbocycles. The fourth-order valence-corrected chi connectivity index (χ4v) is 2.67. The Hall–Kier alpha value is -0.810. The summed E-state index contributed by atoms with van der Waals surface area (Å²) >= 11 is 0. The zero-order valence-corrected chi connectivity index (χ0v) is 10.8. The van der Waals surface area contributed by atoms with Crippen LogP contribution in [0.25, 0.3) is 0 Å². The number of hydrogen-bond donors (Lipinski definition) is 1. The molecule has 2 saturated heterocycles. The van der Waals surface area contributed by atoms with Crippen molar-refractivity contribution in [1.29, 1.82) is 0 Å². The largest absolute Gasteiger partial charge is 0.367 e. The summed E-state index contributed by atoms with van der Waals surface area (Å²) in [4.78, 5) is 16.1. The number of rotatable bonds is 1. The van der Waals surface area contributed by atoms with E-state index in [9.17, 15) is 4.79 Å². The third kappa shape index (κ3) is 2.90. The standard InChI is InChI=1S/C12H23N3O2/c1-12(2)9-15(8-10(7-13)17-12)11(16)14-5-3-4-6-14/h10H,3-9,13H2,1-2H3. The van der Waals surface area contributed by atoms with Gasteiger partial charge in [0.15, 0.2) is 0 Å². The highest BCUT2D eigenvalue weighted by Crippen LogP contribution is 2.22. The molecular formula is C12H23N3O2. The number of likely N-dealkylation sites (tertiary alicyclic amines) is 1. The van der Waals surface area contributed by atoms with E-state index in [0.29, 0.717) is 19.6 Å². The van der Waals surface area contributed by atoms with Crippen molar-refractivity contribution in [2.24, 2.45) is 5.73 Å². The van der Waals surface area contributed by atoms with Crippen molar-refractivity contribution in [3.05, 3.63) is 0 Å². The monoisotopic (exact) mass is 241 g/mol. The van der Waals surface area contributed by atoms with Gasteiger partial charge in [-0.3, -0.25) is 0 Å². The van der Waals surface area contributed by atoms with Crippen LogP contribution in [0.2, 0.25) is 0 Å². The Bertz CT molecular complexity index is 287. The Balaban J connectivity index is 2.01. The van der Waals surface area contributed by atoms with Gasteiger partial charge < -0.3 is 20.3 Å². The molecule has 5 nitrogen and oxygen atoms in total. The molecule has 0 aromatic heterocycles. The molecule has 0 saturated carbocycles. The van der Waals surface area contributed by atoms with Crippen molar-refractivity contribution >= 4 is 6.03 Å². The van der Waals surface area contributed by atoms with Gasteiger partial charge in [-0.1, -0.05) is 0 Å². The Labute approximate surface area is 103 Å². The topological polar surface area (TPSA) is 58.8 Å². The molecule has 0 radical (unpaired) electrons. The molecule has 98 valence electrons. The third-order valence-electron chi connectivity index (χ3n) is 3.39. The minimum absolute atomic E-state index is 0.0368. The van der Waals surface area contributed by atoms with Crippen molar-refractivity contribution < 1.29 is 9.53 Å². The lowest BCUT2D eigenvalue weighted by Crippen LogP contribution is -2.58. The summed E-state index contributed by atoms with van der Waals surface area (Å²) in [6, 6.07) is 0.150. The first-order valence-electron chi connectivity index (χ1n) is 6.43. The number of hydrogen-bond acceptors (Lipinski definition) is 3. The van der Waals surface area contributed by atoms with Crippen LogP contribution in [-0.2, 0) is 4.74 Å². The van der Waals surface area contributed by atoms with Gasteiger partial charge in [0.1, 0.15) is 0 Å². The highest BCUT2D eigenvalue weighted by Gasteiger charge is 2.36. The number of amides is 2. The van der Waals surface area contributed by atoms with Gasteiger partial charge in [0, 0.05) is 26.2 Å². The number of carbonyl (C=O) groups is 1. The smallest absolute Gasteiger partial charge is 0.320 e. The molecule has 17 heavy (non-hydrogen) atoms. The van der Waals surface area contributed by atoms with Gasteiger partial charge >= 0.3 is 6.03 Å². The second-order valence-electron chi connectivity index (χ2n) is 5.59. The van der Waals surface area contributed by atoms with E-state index in [4.69, 9.17) is 10.5 Å². The van der Waals surface area contributed by atoms with Crippen molar-refractivity contribution in [2.75, 3.05) is 32.7 Å². The molecule has 2 aliphatic rings. The van der Waals surface area contributed by atoms with Gasteiger partial charge in [-0.05, 0) is 26.7 Å². The van der Waals surface area contributed by atoms with Crippen LogP contribution >= 0.6 is 0 Å². The summed E-state index contributed by atoms with van der Waals surface area (Å²) in [5, 5.41) is 0. The average Bonchev–Trinajstić information content (AvgIpc) is 2.79. The lowest BCUT2D eigenvalue weighted by molar-refractivity contribution is -0.122. The van der Waals surface area contributed by atoms with Crippen LogP contribution in [0.3, 0.4) is 0 Å². The van der Waals surface area contributed by atoms with E-state index in [-0.39, 0.29) is 17.7 Å². The summed E-state index contributed by atoms with van der Waals surface area (Å²) < 4.78 is 5.83. The first-order valence-corrected chi connectivity index (χ1v) is 6.43. The molecule has 0 aromatic carbocycles. The van der Waals surface area contributed by atoms with E-state index in [0.717, 1.165) is 25.9 Å². The first kappa shape index (κ1) is 12.6. The van der Waals surface area contributed by atoms with E-state index >= 15 is 0 Å². The van der Waals surface area contributed by atoms with Gasteiger partial charge in [-0.15, -0.1) is 0 Å². The predicted octanol–water partition coefficient (Wildman–Crippen LogP) is 0.640. The van der Waals surface area contributed by atoms with E-state index in [2.05, 4.69) is 0 Å². The summed E-state index contributed by atoms with van der Waals surface area (Å²) in [6.07, 6.45) is 2.21. The average molecular weight is 241 g/mol. The lowest BCUT2D eigenvalue weighted by atomic mass is 10.1. The Morgan fingerprint density at radius 2 is 2.00 bits per heavy atom. The fourth-order valence-electron chi connectivity index (χ4n) is 2.67. The van der Waals surface area contributed by atoms with Crippen LogP contribution in [0, 0.1) is 0 Å². The molecule has 2 aliphatic heterocycles. The number of urea groups is 1. The summed E-state index contributed by atoms with van der Waals surface area (Å²) in [6.45, 7) is 7.55. The molecule has 1 atom stereocenters.